The van der Waals surface area contributed by atoms with Gasteiger partial charge in [0.05, 0.1) is 10.6 Å². The Morgan fingerprint density at radius 1 is 1.00 bits per heavy atom. The summed E-state index contributed by atoms with van der Waals surface area (Å²) >= 11 is 2.34. The van der Waals surface area contributed by atoms with Crippen LogP contribution in [0.5, 0.6) is 0 Å². The molecule has 1 N–H and O–H groups in total. The van der Waals surface area contributed by atoms with Gasteiger partial charge in [0, 0.05) is 15.9 Å². The third kappa shape index (κ3) is 5.73. The quantitative estimate of drug-likeness (QED) is 0.418. The molecule has 4 rings (SSSR count). The zero-order valence-electron chi connectivity index (χ0n) is 17.9. The average molecular weight is 497 g/mol. The Balaban J connectivity index is 1.40. The van der Waals surface area contributed by atoms with Crippen molar-refractivity contribution in [3.05, 3.63) is 94.4 Å². The number of carbonyl (C=O) groups excluding carboxylic acids is 3. The molecule has 0 atom stereocenters. The summed E-state index contributed by atoms with van der Waals surface area (Å²) in [7, 11) is 0. The van der Waals surface area contributed by atoms with Crippen molar-refractivity contribution in [1.82, 2.24) is 4.90 Å². The molecule has 3 amide bonds. The second-order valence-electron chi connectivity index (χ2n) is 7.42. The van der Waals surface area contributed by atoms with Gasteiger partial charge >= 0.3 is 0 Å². The molecule has 0 bridgehead atoms. The SMILES string of the molecule is Cc1ccc(Sc2ccc(/C=C3\SC(=O)N(CC(=O)Nc4ccc(F)cc4F)C3=O)cc2)cc1. The van der Waals surface area contributed by atoms with Gasteiger partial charge in [-0.3, -0.25) is 19.3 Å². The number of amides is 3. The Kier molecular flexibility index (Phi) is 7.14. The van der Waals surface area contributed by atoms with Crippen molar-refractivity contribution in [3.63, 3.8) is 0 Å². The molecule has 34 heavy (non-hydrogen) atoms. The van der Waals surface area contributed by atoms with Crippen LogP contribution in [0.1, 0.15) is 11.1 Å². The summed E-state index contributed by atoms with van der Waals surface area (Å²) in [4.78, 5) is 40.3. The van der Waals surface area contributed by atoms with Crippen LogP contribution in [-0.2, 0) is 9.59 Å². The molecule has 5 nitrogen and oxygen atoms in total. The Morgan fingerprint density at radius 3 is 2.29 bits per heavy atom. The summed E-state index contributed by atoms with van der Waals surface area (Å²) in [5, 5.41) is 1.64. The number of rotatable bonds is 6. The van der Waals surface area contributed by atoms with Crippen molar-refractivity contribution in [2.45, 2.75) is 16.7 Å². The maximum atomic E-state index is 13.7. The van der Waals surface area contributed by atoms with Crippen molar-refractivity contribution in [2.24, 2.45) is 0 Å². The summed E-state index contributed by atoms with van der Waals surface area (Å²) in [5.41, 5.74) is 1.68. The van der Waals surface area contributed by atoms with Crippen LogP contribution >= 0.6 is 23.5 Å². The fourth-order valence-electron chi connectivity index (χ4n) is 3.09. The van der Waals surface area contributed by atoms with Gasteiger partial charge in [0.1, 0.15) is 18.2 Å². The summed E-state index contributed by atoms with van der Waals surface area (Å²) in [5.74, 6) is -3.12. The first kappa shape index (κ1) is 23.7. The van der Waals surface area contributed by atoms with Gasteiger partial charge in [-0.25, -0.2) is 8.78 Å². The summed E-state index contributed by atoms with van der Waals surface area (Å²) in [6.07, 6.45) is 1.59. The number of hydrogen-bond acceptors (Lipinski definition) is 5. The molecule has 0 unspecified atom stereocenters. The van der Waals surface area contributed by atoms with E-state index in [0.29, 0.717) is 6.07 Å². The molecular formula is C25H18F2N2O3S2. The maximum Gasteiger partial charge on any atom is 0.294 e. The molecule has 9 heteroatoms. The highest BCUT2D eigenvalue weighted by Gasteiger charge is 2.36. The van der Waals surface area contributed by atoms with Gasteiger partial charge in [0.2, 0.25) is 5.91 Å². The zero-order valence-corrected chi connectivity index (χ0v) is 19.5. The van der Waals surface area contributed by atoms with E-state index in [0.717, 1.165) is 44.1 Å². The predicted octanol–water partition coefficient (Wildman–Crippen LogP) is 6.10. The van der Waals surface area contributed by atoms with Crippen molar-refractivity contribution >= 4 is 52.3 Å². The largest absolute Gasteiger partial charge is 0.322 e. The standard InChI is InChI=1S/C25H18F2N2O3S2/c1-15-2-7-18(8-3-15)33-19-9-4-16(5-10-19)12-22-24(31)29(25(32)34-22)14-23(30)28-21-11-6-17(26)13-20(21)27/h2-13H,14H2,1H3,(H,28,30)/b22-12-. The molecule has 1 heterocycles. The first-order valence-electron chi connectivity index (χ1n) is 10.1. The van der Waals surface area contributed by atoms with Crippen LogP contribution in [0.15, 0.2) is 81.4 Å². The van der Waals surface area contributed by atoms with E-state index in [1.807, 2.05) is 55.5 Å². The minimum Gasteiger partial charge on any atom is -0.322 e. The van der Waals surface area contributed by atoms with Crippen LogP contribution in [0, 0.1) is 18.6 Å². The zero-order chi connectivity index (χ0) is 24.2. The number of hydrogen-bond donors (Lipinski definition) is 1. The van der Waals surface area contributed by atoms with Crippen molar-refractivity contribution in [1.29, 1.82) is 0 Å². The Hall–Kier alpha value is -3.43. The van der Waals surface area contributed by atoms with E-state index in [1.165, 1.54) is 5.56 Å². The van der Waals surface area contributed by atoms with Gasteiger partial charge in [-0.05, 0) is 66.7 Å². The number of anilines is 1. The minimum atomic E-state index is -0.952. The number of nitrogens with zero attached hydrogens (tertiary/aromatic N) is 1. The van der Waals surface area contributed by atoms with Crippen LogP contribution in [0.2, 0.25) is 0 Å². The van der Waals surface area contributed by atoms with Crippen LogP contribution in [0.3, 0.4) is 0 Å². The van der Waals surface area contributed by atoms with Crippen molar-refractivity contribution < 1.29 is 23.2 Å². The van der Waals surface area contributed by atoms with Crippen molar-refractivity contribution in [3.8, 4) is 0 Å². The Bertz CT molecular complexity index is 1290. The van der Waals surface area contributed by atoms with E-state index in [4.69, 9.17) is 0 Å². The molecule has 1 aliphatic rings. The average Bonchev–Trinajstić information content (AvgIpc) is 3.06. The third-order valence-electron chi connectivity index (χ3n) is 4.82. The highest BCUT2D eigenvalue weighted by molar-refractivity contribution is 8.18. The van der Waals surface area contributed by atoms with Gasteiger partial charge in [-0.15, -0.1) is 0 Å². The third-order valence-corrected chi connectivity index (χ3v) is 6.74. The molecule has 1 saturated heterocycles. The van der Waals surface area contributed by atoms with E-state index >= 15 is 0 Å². The molecule has 0 spiro atoms. The first-order valence-corrected chi connectivity index (χ1v) is 11.8. The lowest BCUT2D eigenvalue weighted by atomic mass is 10.2. The molecule has 3 aromatic carbocycles. The maximum absolute atomic E-state index is 13.7. The summed E-state index contributed by atoms with van der Waals surface area (Å²) in [6.45, 7) is 1.45. The summed E-state index contributed by atoms with van der Waals surface area (Å²) in [6, 6.07) is 18.4. The van der Waals surface area contributed by atoms with Crippen molar-refractivity contribution in [2.75, 3.05) is 11.9 Å². The molecule has 0 aromatic heterocycles. The number of benzene rings is 3. The number of halogens is 2. The van der Waals surface area contributed by atoms with Crippen LogP contribution in [0.4, 0.5) is 19.3 Å². The molecule has 0 radical (unpaired) electrons. The molecule has 1 aliphatic heterocycles. The highest BCUT2D eigenvalue weighted by atomic mass is 32.2. The van der Waals surface area contributed by atoms with E-state index < -0.39 is 35.2 Å². The second-order valence-corrected chi connectivity index (χ2v) is 9.56. The lowest BCUT2D eigenvalue weighted by molar-refractivity contribution is -0.127. The van der Waals surface area contributed by atoms with Gasteiger partial charge in [-0.1, -0.05) is 41.6 Å². The fraction of sp³-hybridized carbons (Fsp3) is 0.0800. The lowest BCUT2D eigenvalue weighted by Gasteiger charge is -2.12. The van der Waals surface area contributed by atoms with Crippen LogP contribution < -0.4 is 5.32 Å². The van der Waals surface area contributed by atoms with E-state index in [1.54, 1.807) is 17.8 Å². The number of nitrogens with one attached hydrogen (secondary N) is 1. The molecule has 0 saturated carbocycles. The predicted molar refractivity (Wildman–Crippen MR) is 129 cm³/mol. The highest BCUT2D eigenvalue weighted by Crippen LogP contribution is 2.33. The van der Waals surface area contributed by atoms with Gasteiger partial charge in [-0.2, -0.15) is 0 Å². The van der Waals surface area contributed by atoms with Gasteiger partial charge in [0.15, 0.2) is 0 Å². The number of carbonyl (C=O) groups is 3. The number of imide groups is 1. The first-order chi connectivity index (χ1) is 16.3. The molecular weight excluding hydrogens is 478 g/mol. The molecule has 1 fully saturated rings. The number of aryl methyl sites for hydroxylation is 1. The van der Waals surface area contributed by atoms with Crippen LogP contribution in [0.25, 0.3) is 6.08 Å². The smallest absolute Gasteiger partial charge is 0.294 e. The summed E-state index contributed by atoms with van der Waals surface area (Å²) < 4.78 is 26.7. The Labute approximate surface area is 203 Å². The lowest BCUT2D eigenvalue weighted by Crippen LogP contribution is -2.36. The van der Waals surface area contributed by atoms with E-state index in [2.05, 4.69) is 5.32 Å². The normalized spacial score (nSPS) is 14.7. The topological polar surface area (TPSA) is 66.5 Å². The minimum absolute atomic E-state index is 0.185. The monoisotopic (exact) mass is 496 g/mol. The molecule has 172 valence electrons. The van der Waals surface area contributed by atoms with Gasteiger partial charge < -0.3 is 5.32 Å². The fourth-order valence-corrected chi connectivity index (χ4v) is 4.74. The molecule has 3 aromatic rings. The van der Waals surface area contributed by atoms with E-state index in [-0.39, 0.29) is 10.6 Å². The molecule has 0 aliphatic carbocycles. The van der Waals surface area contributed by atoms with Crippen LogP contribution in [-0.4, -0.2) is 28.5 Å². The van der Waals surface area contributed by atoms with E-state index in [9.17, 15) is 23.2 Å². The second kappa shape index (κ2) is 10.2. The number of thioether (sulfide) groups is 1. The van der Waals surface area contributed by atoms with Gasteiger partial charge in [0.25, 0.3) is 11.1 Å². The Morgan fingerprint density at radius 2 is 1.65 bits per heavy atom.